The number of hydrogen-bond acceptors (Lipinski definition) is 7. The van der Waals surface area contributed by atoms with Crippen LogP contribution in [0.1, 0.15) is 12.0 Å². The van der Waals surface area contributed by atoms with Gasteiger partial charge in [-0.1, -0.05) is 0 Å². The second-order valence-corrected chi connectivity index (χ2v) is 8.55. The maximum atomic E-state index is 11.8. The van der Waals surface area contributed by atoms with Crippen molar-refractivity contribution in [1.82, 2.24) is 14.7 Å². The smallest absolute Gasteiger partial charge is 0.240 e. The van der Waals surface area contributed by atoms with Gasteiger partial charge in [0.05, 0.1) is 4.90 Å². The van der Waals surface area contributed by atoms with E-state index in [9.17, 15) is 13.5 Å². The zero-order chi connectivity index (χ0) is 20.4. The molecule has 0 amide bonds. The molecule has 1 aliphatic rings. The quantitative estimate of drug-likeness (QED) is 0.592. The molecule has 0 aliphatic carbocycles. The van der Waals surface area contributed by atoms with Crippen molar-refractivity contribution in [3.8, 4) is 5.75 Å². The third-order valence-corrected chi connectivity index (χ3v) is 6.22. The molecule has 2 aromatic carbocycles. The van der Waals surface area contributed by atoms with Gasteiger partial charge in [-0.3, -0.25) is 0 Å². The van der Waals surface area contributed by atoms with Crippen LogP contribution in [-0.4, -0.2) is 37.1 Å². The second-order valence-electron chi connectivity index (χ2n) is 6.66. The third-order valence-electron chi connectivity index (χ3n) is 4.79. The topological polar surface area (TPSA) is 107 Å². The number of aromatic hydroxyl groups is 1. The van der Waals surface area contributed by atoms with Gasteiger partial charge < -0.3 is 15.3 Å². The first-order valence-corrected chi connectivity index (χ1v) is 10.7. The number of anilines is 4. The molecule has 0 bridgehead atoms. The highest BCUT2D eigenvalue weighted by molar-refractivity contribution is 7.89. The Bertz CT molecular complexity index is 1130. The van der Waals surface area contributed by atoms with Crippen LogP contribution < -0.4 is 14.9 Å². The Morgan fingerprint density at radius 3 is 2.66 bits per heavy atom. The number of hydrogen-bond donors (Lipinski definition) is 3. The van der Waals surface area contributed by atoms with E-state index in [4.69, 9.17) is 0 Å². The minimum absolute atomic E-state index is 0.188. The maximum absolute atomic E-state index is 11.8. The van der Waals surface area contributed by atoms with E-state index in [1.165, 1.54) is 19.2 Å². The largest absolute Gasteiger partial charge is 0.508 e. The first-order valence-electron chi connectivity index (χ1n) is 9.19. The Balaban J connectivity index is 1.58. The number of aromatic nitrogens is 2. The average molecular weight is 411 g/mol. The van der Waals surface area contributed by atoms with Crippen molar-refractivity contribution < 1.29 is 13.5 Å². The molecule has 0 radical (unpaired) electrons. The first kappa shape index (κ1) is 19.2. The van der Waals surface area contributed by atoms with Crippen molar-refractivity contribution in [3.05, 3.63) is 60.3 Å². The normalized spacial score (nSPS) is 13.8. The van der Waals surface area contributed by atoms with Gasteiger partial charge >= 0.3 is 0 Å². The standard InChI is InChI=1S/C20H21N5O3S/c1-21-29(27,28)17-7-4-15(5-8-17)23-20-22-11-10-19(24-20)25-12-2-3-14-13-16(26)6-9-18(14)25/h4-11,13,21,26H,2-3,12H2,1H3,(H,22,23,24). The van der Waals surface area contributed by atoms with Gasteiger partial charge in [0.1, 0.15) is 11.6 Å². The van der Waals surface area contributed by atoms with E-state index in [2.05, 4.69) is 24.9 Å². The predicted octanol–water partition coefficient (Wildman–Crippen LogP) is 2.92. The Kier molecular flexibility index (Phi) is 5.08. The van der Waals surface area contributed by atoms with Crippen molar-refractivity contribution >= 4 is 33.2 Å². The molecule has 1 aromatic heterocycles. The molecule has 2 heterocycles. The molecular formula is C20H21N5O3S. The number of fused-ring (bicyclic) bond motifs is 1. The lowest BCUT2D eigenvalue weighted by Gasteiger charge is -2.30. The highest BCUT2D eigenvalue weighted by Gasteiger charge is 2.20. The minimum atomic E-state index is -3.47. The molecular weight excluding hydrogens is 390 g/mol. The van der Waals surface area contributed by atoms with Crippen LogP contribution in [0, 0.1) is 0 Å². The molecule has 0 spiro atoms. The maximum Gasteiger partial charge on any atom is 0.240 e. The predicted molar refractivity (Wildman–Crippen MR) is 111 cm³/mol. The third kappa shape index (κ3) is 4.01. The summed E-state index contributed by atoms with van der Waals surface area (Å²) in [6.07, 6.45) is 3.56. The van der Waals surface area contributed by atoms with E-state index in [0.717, 1.165) is 36.5 Å². The summed E-state index contributed by atoms with van der Waals surface area (Å²) in [5.74, 6) is 1.43. The van der Waals surface area contributed by atoms with Crippen LogP contribution in [0.4, 0.5) is 23.1 Å². The molecule has 0 saturated carbocycles. The second kappa shape index (κ2) is 7.69. The molecule has 0 unspecified atom stereocenters. The summed E-state index contributed by atoms with van der Waals surface area (Å²) in [5.41, 5.74) is 2.80. The lowest BCUT2D eigenvalue weighted by atomic mass is 10.0. The lowest BCUT2D eigenvalue weighted by Crippen LogP contribution is -2.25. The number of rotatable bonds is 5. The zero-order valence-corrected chi connectivity index (χ0v) is 16.6. The van der Waals surface area contributed by atoms with Gasteiger partial charge in [-0.25, -0.2) is 18.1 Å². The molecule has 0 fully saturated rings. The van der Waals surface area contributed by atoms with E-state index >= 15 is 0 Å². The molecule has 150 valence electrons. The van der Waals surface area contributed by atoms with Gasteiger partial charge in [-0.15, -0.1) is 0 Å². The van der Waals surface area contributed by atoms with Crippen LogP contribution in [0.25, 0.3) is 0 Å². The highest BCUT2D eigenvalue weighted by atomic mass is 32.2. The summed E-state index contributed by atoms with van der Waals surface area (Å²) in [5, 5.41) is 12.9. The fourth-order valence-corrected chi connectivity index (χ4v) is 4.08. The fourth-order valence-electron chi connectivity index (χ4n) is 3.35. The molecule has 9 heteroatoms. The van der Waals surface area contributed by atoms with Crippen molar-refractivity contribution in [3.63, 3.8) is 0 Å². The number of phenols is 1. The van der Waals surface area contributed by atoms with Gasteiger partial charge in [0.15, 0.2) is 0 Å². The number of aryl methyl sites for hydroxylation is 1. The molecule has 29 heavy (non-hydrogen) atoms. The Labute approximate surface area is 169 Å². The lowest BCUT2D eigenvalue weighted by molar-refractivity contribution is 0.474. The number of nitrogens with zero attached hydrogens (tertiary/aromatic N) is 3. The van der Waals surface area contributed by atoms with Gasteiger partial charge in [-0.2, -0.15) is 4.98 Å². The number of nitrogens with one attached hydrogen (secondary N) is 2. The fraction of sp³-hybridized carbons (Fsp3) is 0.200. The van der Waals surface area contributed by atoms with E-state index in [-0.39, 0.29) is 10.6 Å². The zero-order valence-electron chi connectivity index (χ0n) is 15.8. The van der Waals surface area contributed by atoms with E-state index in [1.54, 1.807) is 30.5 Å². The molecule has 1 aliphatic heterocycles. The van der Waals surface area contributed by atoms with Crippen LogP contribution in [0.2, 0.25) is 0 Å². The summed E-state index contributed by atoms with van der Waals surface area (Å²) in [7, 11) is -2.10. The van der Waals surface area contributed by atoms with Gasteiger partial charge in [0.2, 0.25) is 16.0 Å². The van der Waals surface area contributed by atoms with Crippen LogP contribution in [0.15, 0.2) is 59.6 Å². The Morgan fingerprint density at radius 1 is 1.10 bits per heavy atom. The van der Waals surface area contributed by atoms with Crippen LogP contribution in [0.3, 0.4) is 0 Å². The molecule has 3 N–H and O–H groups in total. The SMILES string of the molecule is CNS(=O)(=O)c1ccc(Nc2nccc(N3CCCc4cc(O)ccc43)n2)cc1. The van der Waals surface area contributed by atoms with Crippen LogP contribution in [0.5, 0.6) is 5.75 Å². The van der Waals surface area contributed by atoms with Crippen molar-refractivity contribution in [2.24, 2.45) is 0 Å². The van der Waals surface area contributed by atoms with Crippen LogP contribution in [-0.2, 0) is 16.4 Å². The van der Waals surface area contributed by atoms with Crippen LogP contribution >= 0.6 is 0 Å². The monoisotopic (exact) mass is 411 g/mol. The Morgan fingerprint density at radius 2 is 1.90 bits per heavy atom. The van der Waals surface area contributed by atoms with Crippen molar-refractivity contribution in [1.29, 1.82) is 0 Å². The summed E-state index contributed by atoms with van der Waals surface area (Å²) in [6.45, 7) is 0.824. The van der Waals surface area contributed by atoms with Crippen molar-refractivity contribution in [2.75, 3.05) is 23.8 Å². The van der Waals surface area contributed by atoms with Gasteiger partial charge in [-0.05, 0) is 74.0 Å². The molecule has 0 atom stereocenters. The number of phenolic OH excluding ortho intramolecular Hbond substituents is 1. The summed E-state index contributed by atoms with van der Waals surface area (Å²) < 4.78 is 26.0. The summed E-state index contributed by atoms with van der Waals surface area (Å²) >= 11 is 0. The summed E-state index contributed by atoms with van der Waals surface area (Å²) in [4.78, 5) is 11.2. The number of benzene rings is 2. The van der Waals surface area contributed by atoms with Crippen molar-refractivity contribution in [2.45, 2.75) is 17.7 Å². The van der Waals surface area contributed by atoms with Gasteiger partial charge in [0.25, 0.3) is 0 Å². The molecule has 8 nitrogen and oxygen atoms in total. The molecule has 3 aromatic rings. The highest BCUT2D eigenvalue weighted by Crippen LogP contribution is 2.34. The minimum Gasteiger partial charge on any atom is -0.508 e. The Hall–Kier alpha value is -3.17. The first-order chi connectivity index (χ1) is 14.0. The van der Waals surface area contributed by atoms with E-state index in [1.807, 2.05) is 12.1 Å². The molecule has 4 rings (SSSR count). The average Bonchev–Trinajstić information content (AvgIpc) is 2.73. The van der Waals surface area contributed by atoms with E-state index in [0.29, 0.717) is 11.6 Å². The molecule has 0 saturated heterocycles. The summed E-state index contributed by atoms with van der Waals surface area (Å²) in [6, 6.07) is 13.6. The van der Waals surface area contributed by atoms with E-state index < -0.39 is 10.0 Å². The number of sulfonamides is 1. The van der Waals surface area contributed by atoms with Gasteiger partial charge in [0, 0.05) is 24.1 Å².